The molecule has 1 nitrogen and oxygen atoms in total. The molecule has 1 fully saturated rings. The number of thioether (sulfide) groups is 1. The molecular weight excluding hydrogens is 204 g/mol. The van der Waals surface area contributed by atoms with Crippen LogP contribution < -0.4 is 4.74 Å². The number of hydrogen-bond acceptors (Lipinski definition) is 2. The van der Waals surface area contributed by atoms with Crippen LogP contribution in [0.4, 0.5) is 0 Å². The Morgan fingerprint density at radius 1 is 1.27 bits per heavy atom. The van der Waals surface area contributed by atoms with Gasteiger partial charge in [0.05, 0.1) is 7.11 Å². The molecule has 0 bridgehead atoms. The second-order valence-electron chi connectivity index (χ2n) is 4.39. The van der Waals surface area contributed by atoms with Crippen molar-refractivity contribution in [1.82, 2.24) is 0 Å². The lowest BCUT2D eigenvalue weighted by atomic mass is 9.90. The summed E-state index contributed by atoms with van der Waals surface area (Å²) in [5.74, 6) is 2.30. The Labute approximate surface area is 96.2 Å². The average molecular weight is 222 g/mol. The van der Waals surface area contributed by atoms with Crippen LogP contribution in [0.15, 0.2) is 12.1 Å². The van der Waals surface area contributed by atoms with Crippen molar-refractivity contribution in [1.29, 1.82) is 0 Å². The fraction of sp³-hybridized carbons (Fsp3) is 0.538. The zero-order chi connectivity index (χ0) is 11.1. The van der Waals surface area contributed by atoms with E-state index in [2.05, 4.69) is 44.7 Å². The molecule has 0 radical (unpaired) electrons. The van der Waals surface area contributed by atoms with Crippen molar-refractivity contribution in [3.63, 3.8) is 0 Å². The second-order valence-corrected chi connectivity index (χ2v) is 5.99. The number of ether oxygens (including phenoxy) is 1. The first kappa shape index (κ1) is 10.9. The standard InChI is InChI=1S/C13H18OS/c1-9-10(2)12(14-4)6-5-11(9)13(3)7-8-15-13/h5-6H,7-8H2,1-4H3. The lowest BCUT2D eigenvalue weighted by Crippen LogP contribution is -2.28. The minimum Gasteiger partial charge on any atom is -0.496 e. The predicted molar refractivity (Wildman–Crippen MR) is 66.9 cm³/mol. The van der Waals surface area contributed by atoms with Crippen molar-refractivity contribution in [3.8, 4) is 5.75 Å². The molecule has 1 aliphatic rings. The summed E-state index contributed by atoms with van der Waals surface area (Å²) in [7, 11) is 1.74. The quantitative estimate of drug-likeness (QED) is 0.755. The van der Waals surface area contributed by atoms with Gasteiger partial charge in [-0.2, -0.15) is 11.8 Å². The van der Waals surface area contributed by atoms with Crippen molar-refractivity contribution < 1.29 is 4.74 Å². The summed E-state index contributed by atoms with van der Waals surface area (Å²) in [4.78, 5) is 0. The van der Waals surface area contributed by atoms with Crippen LogP contribution in [0, 0.1) is 13.8 Å². The van der Waals surface area contributed by atoms with Crippen LogP contribution in [0.3, 0.4) is 0 Å². The van der Waals surface area contributed by atoms with E-state index < -0.39 is 0 Å². The SMILES string of the molecule is COc1ccc(C2(C)CCS2)c(C)c1C. The highest BCUT2D eigenvalue weighted by Crippen LogP contribution is 2.50. The third-order valence-corrected chi connectivity index (χ3v) is 5.00. The van der Waals surface area contributed by atoms with E-state index in [4.69, 9.17) is 4.74 Å². The fourth-order valence-corrected chi connectivity index (χ4v) is 3.40. The normalized spacial score (nSPS) is 24.8. The van der Waals surface area contributed by atoms with Gasteiger partial charge in [-0.15, -0.1) is 0 Å². The molecule has 1 aromatic carbocycles. The van der Waals surface area contributed by atoms with Crippen LogP contribution >= 0.6 is 11.8 Å². The van der Waals surface area contributed by atoms with Gasteiger partial charge < -0.3 is 4.74 Å². The van der Waals surface area contributed by atoms with E-state index in [9.17, 15) is 0 Å². The van der Waals surface area contributed by atoms with Crippen molar-refractivity contribution in [2.24, 2.45) is 0 Å². The van der Waals surface area contributed by atoms with Crippen LogP contribution in [0.25, 0.3) is 0 Å². The fourth-order valence-electron chi connectivity index (χ4n) is 2.21. The zero-order valence-corrected chi connectivity index (χ0v) is 10.7. The Morgan fingerprint density at radius 2 is 1.93 bits per heavy atom. The number of hydrogen-bond donors (Lipinski definition) is 0. The Kier molecular flexibility index (Phi) is 2.72. The van der Waals surface area contributed by atoms with E-state index in [1.807, 2.05) is 0 Å². The lowest BCUT2D eigenvalue weighted by Gasteiger charge is -2.39. The monoisotopic (exact) mass is 222 g/mol. The molecule has 1 heterocycles. The molecule has 0 aliphatic carbocycles. The highest BCUT2D eigenvalue weighted by molar-refractivity contribution is 8.01. The summed E-state index contributed by atoms with van der Waals surface area (Å²) < 4.78 is 5.69. The van der Waals surface area contributed by atoms with Gasteiger partial charge >= 0.3 is 0 Å². The van der Waals surface area contributed by atoms with Gasteiger partial charge in [0.25, 0.3) is 0 Å². The highest BCUT2D eigenvalue weighted by Gasteiger charge is 2.36. The van der Waals surface area contributed by atoms with E-state index in [0.29, 0.717) is 4.75 Å². The summed E-state index contributed by atoms with van der Waals surface area (Å²) >= 11 is 2.06. The summed E-state index contributed by atoms with van der Waals surface area (Å²) in [6.07, 6.45) is 1.30. The molecule has 1 atom stereocenters. The summed E-state index contributed by atoms with van der Waals surface area (Å²) in [6.45, 7) is 6.69. The van der Waals surface area contributed by atoms with E-state index in [1.165, 1.54) is 28.9 Å². The van der Waals surface area contributed by atoms with Gasteiger partial charge in [0.2, 0.25) is 0 Å². The van der Waals surface area contributed by atoms with Crippen molar-refractivity contribution >= 4 is 11.8 Å². The second kappa shape index (κ2) is 3.75. The maximum Gasteiger partial charge on any atom is 0.122 e. The van der Waals surface area contributed by atoms with Crippen molar-refractivity contribution in [2.45, 2.75) is 31.9 Å². The van der Waals surface area contributed by atoms with Gasteiger partial charge in [-0.05, 0) is 55.7 Å². The minimum absolute atomic E-state index is 0.348. The van der Waals surface area contributed by atoms with Gasteiger partial charge in [0.15, 0.2) is 0 Å². The Balaban J connectivity index is 2.46. The molecule has 0 amide bonds. The third kappa shape index (κ3) is 1.65. The molecule has 82 valence electrons. The molecule has 2 rings (SSSR count). The first-order chi connectivity index (χ1) is 7.08. The summed E-state index contributed by atoms with van der Waals surface area (Å²) in [6, 6.07) is 4.33. The van der Waals surface area contributed by atoms with Crippen LogP contribution in [-0.4, -0.2) is 12.9 Å². The van der Waals surface area contributed by atoms with Gasteiger partial charge in [-0.1, -0.05) is 6.07 Å². The smallest absolute Gasteiger partial charge is 0.122 e. The van der Waals surface area contributed by atoms with E-state index in [0.717, 1.165) is 5.75 Å². The Bertz CT molecular complexity index is 380. The molecule has 0 saturated carbocycles. The summed E-state index contributed by atoms with van der Waals surface area (Å²) in [5.41, 5.74) is 4.16. The van der Waals surface area contributed by atoms with Crippen LogP contribution in [-0.2, 0) is 4.75 Å². The third-order valence-electron chi connectivity index (χ3n) is 3.53. The molecule has 0 N–H and O–H groups in total. The first-order valence-corrected chi connectivity index (χ1v) is 6.36. The van der Waals surface area contributed by atoms with Crippen molar-refractivity contribution in [3.05, 3.63) is 28.8 Å². The topological polar surface area (TPSA) is 9.23 Å². The van der Waals surface area contributed by atoms with Gasteiger partial charge in [0.1, 0.15) is 5.75 Å². The zero-order valence-electron chi connectivity index (χ0n) is 9.89. The van der Waals surface area contributed by atoms with Crippen LogP contribution in [0.1, 0.15) is 30.0 Å². The molecule has 0 aromatic heterocycles. The molecular formula is C13H18OS. The maximum absolute atomic E-state index is 5.34. The molecule has 1 aromatic rings. The molecule has 2 heteroatoms. The maximum atomic E-state index is 5.34. The minimum atomic E-state index is 0.348. The first-order valence-electron chi connectivity index (χ1n) is 5.37. The molecule has 1 aliphatic heterocycles. The van der Waals surface area contributed by atoms with Crippen LogP contribution in [0.2, 0.25) is 0 Å². The van der Waals surface area contributed by atoms with Gasteiger partial charge in [0, 0.05) is 4.75 Å². The lowest BCUT2D eigenvalue weighted by molar-refractivity contribution is 0.410. The molecule has 15 heavy (non-hydrogen) atoms. The Morgan fingerprint density at radius 3 is 2.40 bits per heavy atom. The van der Waals surface area contributed by atoms with Crippen LogP contribution in [0.5, 0.6) is 5.75 Å². The number of benzene rings is 1. The molecule has 1 saturated heterocycles. The largest absolute Gasteiger partial charge is 0.496 e. The van der Waals surface area contributed by atoms with E-state index in [-0.39, 0.29) is 0 Å². The van der Waals surface area contributed by atoms with E-state index >= 15 is 0 Å². The van der Waals surface area contributed by atoms with Gasteiger partial charge in [-0.3, -0.25) is 0 Å². The molecule has 1 unspecified atom stereocenters. The van der Waals surface area contributed by atoms with Gasteiger partial charge in [-0.25, -0.2) is 0 Å². The Hall–Kier alpha value is -0.630. The predicted octanol–water partition coefficient (Wildman–Crippen LogP) is 3.66. The number of methoxy groups -OCH3 is 1. The number of rotatable bonds is 2. The van der Waals surface area contributed by atoms with E-state index in [1.54, 1.807) is 7.11 Å². The van der Waals surface area contributed by atoms with Crippen molar-refractivity contribution in [2.75, 3.05) is 12.9 Å². The summed E-state index contributed by atoms with van der Waals surface area (Å²) in [5, 5.41) is 0. The molecule has 0 spiro atoms. The highest BCUT2D eigenvalue weighted by atomic mass is 32.2. The average Bonchev–Trinajstić information content (AvgIpc) is 2.19.